The summed E-state index contributed by atoms with van der Waals surface area (Å²) in [5.41, 5.74) is 1.02. The first-order chi connectivity index (χ1) is 19.5. The lowest BCUT2D eigenvalue weighted by molar-refractivity contribution is -0.142. The van der Waals surface area contributed by atoms with Crippen LogP contribution in [0.25, 0.3) is 11.2 Å². The summed E-state index contributed by atoms with van der Waals surface area (Å²) in [6.07, 6.45) is 4.33. The Hall–Kier alpha value is -3.80. The fraction of sp³-hybridized carbons (Fsp3) is 0.440. The highest BCUT2D eigenvalue weighted by Crippen LogP contribution is 2.66. The maximum absolute atomic E-state index is 16.7. The molecule has 3 heterocycles. The summed E-state index contributed by atoms with van der Waals surface area (Å²) in [5.74, 6) is 1.66. The van der Waals surface area contributed by atoms with Crippen molar-refractivity contribution in [3.63, 3.8) is 0 Å². The lowest BCUT2D eigenvalue weighted by atomic mass is 9.96. The Bertz CT molecular complexity index is 1600. The number of alkyl halides is 1. The number of terminal acetylenes is 1. The normalized spacial score (nSPS) is 30.6. The number of halogens is 1. The predicted octanol–water partition coefficient (Wildman–Crippen LogP) is 1.69. The second kappa shape index (κ2) is 9.64. The van der Waals surface area contributed by atoms with Crippen molar-refractivity contribution in [1.29, 1.82) is 0 Å². The van der Waals surface area contributed by atoms with Gasteiger partial charge < -0.3 is 30.2 Å². The molecule has 1 saturated heterocycles. The van der Waals surface area contributed by atoms with Gasteiger partial charge in [0, 0.05) is 6.04 Å². The van der Waals surface area contributed by atoms with Crippen LogP contribution in [-0.2, 0) is 23.4 Å². The maximum Gasteiger partial charge on any atom is 0.459 e. The van der Waals surface area contributed by atoms with E-state index < -0.39 is 49.5 Å². The number of imidazole rings is 1. The highest BCUT2D eigenvalue weighted by molar-refractivity contribution is 7.52. The van der Waals surface area contributed by atoms with Gasteiger partial charge in [-0.05, 0) is 31.9 Å². The summed E-state index contributed by atoms with van der Waals surface area (Å²) in [6, 6.07) is 7.03. The Morgan fingerprint density at radius 2 is 2.10 bits per heavy atom. The molecule has 6 rings (SSSR count). The number of nitrogens with two attached hydrogens (primary N) is 1. The first-order valence-corrected chi connectivity index (χ1v) is 14.3. The third-order valence-electron chi connectivity index (χ3n) is 7.18. The van der Waals surface area contributed by atoms with Gasteiger partial charge in [-0.3, -0.25) is 13.9 Å². The molecule has 0 spiro atoms. The molecule has 216 valence electrons. The van der Waals surface area contributed by atoms with Gasteiger partial charge in [0.1, 0.15) is 24.0 Å². The molecule has 3 aliphatic rings. The third-order valence-corrected chi connectivity index (χ3v) is 8.84. The van der Waals surface area contributed by atoms with E-state index >= 15 is 4.39 Å². The van der Waals surface area contributed by atoms with Crippen molar-refractivity contribution in [3.8, 4) is 18.1 Å². The molecule has 5 N–H and O–H groups in total. The average molecular weight is 588 g/mol. The number of ether oxygens (including phenoxy) is 2. The van der Waals surface area contributed by atoms with Gasteiger partial charge in [-0.2, -0.15) is 15.1 Å². The molecule has 3 aromatic rings. The summed E-state index contributed by atoms with van der Waals surface area (Å²) in [4.78, 5) is 24.7. The van der Waals surface area contributed by atoms with Crippen LogP contribution >= 0.6 is 7.75 Å². The van der Waals surface area contributed by atoms with Crippen LogP contribution in [0.3, 0.4) is 0 Å². The summed E-state index contributed by atoms with van der Waals surface area (Å²) in [7, 11) is -3.30. The van der Waals surface area contributed by atoms with Crippen LogP contribution in [0.1, 0.15) is 26.0 Å². The Kier molecular flexibility index (Phi) is 6.44. The fourth-order valence-corrected chi connectivity index (χ4v) is 6.56. The number of hydrogen-bond donors (Lipinski definition) is 4. The standard InChI is InChI=1S/C25H27FN7O7P/c1-4-24(26)22(33-12-28-16-19(29-14-10-11-14)30-23(27)31-20(16)33)38-17-18(25(17,24)35)40-41(36,32-13(2)21(34)37-3)39-15-8-6-5-7-9-15/h1,5-9,12-14,17-18,22,35H,10-11H2,2-3H3,(H,32,36)(H3,27,29,30,31)/t13-,17+,18?,22+,24-,25-,41+/m0/s1. The Morgan fingerprint density at radius 1 is 1.37 bits per heavy atom. The molecule has 16 heteroatoms. The van der Waals surface area contributed by atoms with E-state index in [4.69, 9.17) is 25.9 Å². The van der Waals surface area contributed by atoms with Crippen LogP contribution in [-0.4, -0.2) is 73.3 Å². The largest absolute Gasteiger partial charge is 0.468 e. The SMILES string of the molecule is C#C[C@]1(F)[C@H](n2cnc3c(NC4CC4)nc(N)nc32)O[C@@H]2C(O[P@@](=O)(N[C@@H](C)C(=O)OC)Oc3ccccc3)[C@@]21O. The number of methoxy groups -OCH3 is 1. The summed E-state index contributed by atoms with van der Waals surface area (Å²) in [6.45, 7) is 1.37. The fourth-order valence-electron chi connectivity index (χ4n) is 4.85. The minimum Gasteiger partial charge on any atom is -0.468 e. The second-order valence-corrected chi connectivity index (χ2v) is 11.7. The topological polar surface area (TPSA) is 185 Å². The van der Waals surface area contributed by atoms with E-state index in [-0.39, 0.29) is 23.4 Å². The van der Waals surface area contributed by atoms with Gasteiger partial charge in [0.25, 0.3) is 0 Å². The minimum atomic E-state index is -4.45. The van der Waals surface area contributed by atoms with E-state index in [0.717, 1.165) is 20.0 Å². The number of fused-ring (bicyclic) bond motifs is 2. The van der Waals surface area contributed by atoms with Crippen molar-refractivity contribution in [2.24, 2.45) is 0 Å². The van der Waals surface area contributed by atoms with Gasteiger partial charge in [-0.15, -0.1) is 6.42 Å². The van der Waals surface area contributed by atoms with Crippen molar-refractivity contribution < 1.29 is 37.4 Å². The zero-order valence-electron chi connectivity index (χ0n) is 21.9. The number of benzene rings is 1. The molecule has 3 fully saturated rings. The van der Waals surface area contributed by atoms with Gasteiger partial charge in [0.05, 0.1) is 13.4 Å². The Balaban J connectivity index is 1.29. The van der Waals surface area contributed by atoms with E-state index in [2.05, 4.69) is 30.1 Å². The van der Waals surface area contributed by atoms with Gasteiger partial charge in [0.2, 0.25) is 11.6 Å². The van der Waals surface area contributed by atoms with Gasteiger partial charge in [-0.1, -0.05) is 24.1 Å². The van der Waals surface area contributed by atoms with Crippen molar-refractivity contribution in [1.82, 2.24) is 24.6 Å². The molecule has 0 bridgehead atoms. The number of rotatable bonds is 10. The zero-order valence-corrected chi connectivity index (χ0v) is 22.8. The van der Waals surface area contributed by atoms with E-state index in [1.165, 1.54) is 30.0 Å². The number of esters is 1. The lowest BCUT2D eigenvalue weighted by Gasteiger charge is -2.31. The molecule has 1 unspecified atom stereocenters. The number of aliphatic hydroxyl groups is 1. The molecule has 2 aliphatic carbocycles. The van der Waals surface area contributed by atoms with Crippen molar-refractivity contribution in [3.05, 3.63) is 36.7 Å². The summed E-state index contributed by atoms with van der Waals surface area (Å²) < 4.78 is 53.5. The summed E-state index contributed by atoms with van der Waals surface area (Å²) >= 11 is 0. The third kappa shape index (κ3) is 4.48. The van der Waals surface area contributed by atoms with Crippen LogP contribution in [0.15, 0.2) is 36.7 Å². The number of carbonyl (C=O) groups excluding carboxylic acids is 1. The molecule has 1 aliphatic heterocycles. The molecule has 7 atom stereocenters. The highest BCUT2D eigenvalue weighted by atomic mass is 31.2. The number of para-hydroxylation sites is 1. The summed E-state index contributed by atoms with van der Waals surface area (Å²) in [5, 5.41) is 17.1. The Labute approximate surface area is 233 Å². The van der Waals surface area contributed by atoms with Crippen LogP contribution in [0.5, 0.6) is 5.75 Å². The van der Waals surface area contributed by atoms with Gasteiger partial charge in [0.15, 0.2) is 28.8 Å². The van der Waals surface area contributed by atoms with E-state index in [0.29, 0.717) is 11.3 Å². The molecule has 2 saturated carbocycles. The number of nitrogens with zero attached hydrogens (tertiary/aromatic N) is 4. The lowest BCUT2D eigenvalue weighted by Crippen LogP contribution is -2.47. The molecular weight excluding hydrogens is 560 g/mol. The van der Waals surface area contributed by atoms with Crippen LogP contribution in [0, 0.1) is 12.3 Å². The first kappa shape index (κ1) is 27.4. The van der Waals surface area contributed by atoms with Crippen molar-refractivity contribution >= 4 is 36.6 Å². The minimum absolute atomic E-state index is 0.0829. The van der Waals surface area contributed by atoms with Gasteiger partial charge in [-0.25, -0.2) is 13.9 Å². The molecule has 41 heavy (non-hydrogen) atoms. The van der Waals surface area contributed by atoms with Crippen LogP contribution < -0.4 is 20.7 Å². The van der Waals surface area contributed by atoms with Crippen molar-refractivity contribution in [2.75, 3.05) is 18.2 Å². The first-order valence-electron chi connectivity index (χ1n) is 12.7. The van der Waals surface area contributed by atoms with E-state index in [9.17, 15) is 14.5 Å². The van der Waals surface area contributed by atoms with Crippen LogP contribution in [0.2, 0.25) is 0 Å². The predicted molar refractivity (Wildman–Crippen MR) is 142 cm³/mol. The number of aromatic nitrogens is 4. The molecule has 1 aromatic carbocycles. The highest BCUT2D eigenvalue weighted by Gasteiger charge is 2.87. The van der Waals surface area contributed by atoms with Gasteiger partial charge >= 0.3 is 13.7 Å². The zero-order chi connectivity index (χ0) is 29.2. The smallest absolute Gasteiger partial charge is 0.459 e. The molecule has 14 nitrogen and oxygen atoms in total. The molecule has 0 radical (unpaired) electrons. The maximum atomic E-state index is 16.7. The average Bonchev–Trinajstić information content (AvgIpc) is 3.78. The number of anilines is 2. The second-order valence-electron chi connectivity index (χ2n) is 10.1. The monoisotopic (exact) mass is 587 g/mol. The van der Waals surface area contributed by atoms with Crippen molar-refractivity contribution in [2.45, 2.75) is 61.6 Å². The molecular formula is C25H27FN7O7P. The Morgan fingerprint density at radius 3 is 2.76 bits per heavy atom. The number of nitrogen functional groups attached to an aromatic ring is 1. The quantitative estimate of drug-likeness (QED) is 0.153. The number of nitrogens with one attached hydrogen (secondary N) is 2. The van der Waals surface area contributed by atoms with Crippen LogP contribution in [0.4, 0.5) is 16.2 Å². The number of hydrogen-bond acceptors (Lipinski definition) is 12. The molecule has 0 amide bonds. The van der Waals surface area contributed by atoms with E-state index in [1.54, 1.807) is 18.2 Å². The van der Waals surface area contributed by atoms with E-state index in [1.807, 2.05) is 5.92 Å². The number of carbonyl (C=O) groups is 1. The molecule has 2 aromatic heterocycles.